The Bertz CT molecular complexity index is 435. The van der Waals surface area contributed by atoms with E-state index in [0.717, 1.165) is 0 Å². The van der Waals surface area contributed by atoms with E-state index in [4.69, 9.17) is 6.57 Å². The number of aromatic nitrogens is 1. The van der Waals surface area contributed by atoms with Crippen LogP contribution >= 0.6 is 0 Å². The number of pyridine rings is 1. The lowest BCUT2D eigenvalue weighted by Gasteiger charge is -2.30. The molecule has 4 heteroatoms. The highest BCUT2D eigenvalue weighted by Gasteiger charge is 2.35. The van der Waals surface area contributed by atoms with Crippen molar-refractivity contribution in [3.8, 4) is 0 Å². The van der Waals surface area contributed by atoms with Gasteiger partial charge < -0.3 is 5.11 Å². The lowest BCUT2D eigenvalue weighted by Crippen LogP contribution is -2.32. The molecule has 4 nitrogen and oxygen atoms in total. The molecule has 1 aliphatic rings. The second kappa shape index (κ2) is 4.03. The summed E-state index contributed by atoms with van der Waals surface area (Å²) in [5, 5.41) is 10.3. The van der Waals surface area contributed by atoms with Crippen molar-refractivity contribution in [3.05, 3.63) is 35.4 Å². The molecule has 1 aliphatic carbocycles. The van der Waals surface area contributed by atoms with Gasteiger partial charge in [0.2, 0.25) is 5.69 Å². The van der Waals surface area contributed by atoms with Crippen molar-refractivity contribution in [2.45, 2.75) is 31.3 Å². The smallest absolute Gasteiger partial charge is 0.205 e. The van der Waals surface area contributed by atoms with Crippen LogP contribution in [0.1, 0.15) is 31.4 Å². The summed E-state index contributed by atoms with van der Waals surface area (Å²) in [4.78, 5) is 18.4. The van der Waals surface area contributed by atoms with Gasteiger partial charge in [0.1, 0.15) is 11.4 Å². The zero-order valence-corrected chi connectivity index (χ0v) is 8.81. The Hall–Kier alpha value is -1.73. The molecular weight excluding hydrogens is 204 g/mol. The first-order valence-electron chi connectivity index (χ1n) is 5.22. The van der Waals surface area contributed by atoms with E-state index < -0.39 is 5.60 Å². The zero-order chi connectivity index (χ0) is 11.6. The van der Waals surface area contributed by atoms with E-state index in [1.165, 1.54) is 6.20 Å². The summed E-state index contributed by atoms with van der Waals surface area (Å²) in [6.45, 7) is 6.81. The van der Waals surface area contributed by atoms with Crippen molar-refractivity contribution in [2.24, 2.45) is 0 Å². The van der Waals surface area contributed by atoms with E-state index in [9.17, 15) is 9.90 Å². The van der Waals surface area contributed by atoms with Gasteiger partial charge in [0.05, 0.1) is 12.3 Å². The SMILES string of the molecule is [C-]#[N+]c1ccc(C2(O)CCC(=O)CC2)nc1. The van der Waals surface area contributed by atoms with Crippen LogP contribution in [0, 0.1) is 6.57 Å². The quantitative estimate of drug-likeness (QED) is 0.730. The van der Waals surface area contributed by atoms with Gasteiger partial charge in [-0.25, -0.2) is 4.85 Å². The van der Waals surface area contributed by atoms with Crippen LogP contribution in [0.5, 0.6) is 0 Å². The maximum Gasteiger partial charge on any atom is 0.205 e. The molecule has 2 rings (SSSR count). The second-order valence-corrected chi connectivity index (χ2v) is 4.08. The maximum absolute atomic E-state index is 11.1. The van der Waals surface area contributed by atoms with Gasteiger partial charge in [0.25, 0.3) is 0 Å². The molecule has 1 fully saturated rings. The Balaban J connectivity index is 2.23. The number of carbonyl (C=O) groups excluding carboxylic acids is 1. The minimum Gasteiger partial charge on any atom is -0.384 e. The van der Waals surface area contributed by atoms with E-state index in [0.29, 0.717) is 37.1 Å². The van der Waals surface area contributed by atoms with Gasteiger partial charge >= 0.3 is 0 Å². The van der Waals surface area contributed by atoms with Crippen LogP contribution in [-0.2, 0) is 10.4 Å². The third kappa shape index (κ3) is 1.95. The van der Waals surface area contributed by atoms with Gasteiger partial charge in [0.15, 0.2) is 0 Å². The highest BCUT2D eigenvalue weighted by molar-refractivity contribution is 5.79. The molecule has 1 heterocycles. The summed E-state index contributed by atoms with van der Waals surface area (Å²) in [6, 6.07) is 3.31. The van der Waals surface area contributed by atoms with Crippen molar-refractivity contribution in [1.82, 2.24) is 4.98 Å². The molecule has 16 heavy (non-hydrogen) atoms. The minimum atomic E-state index is -0.992. The van der Waals surface area contributed by atoms with E-state index in [1.807, 2.05) is 0 Å². The Morgan fingerprint density at radius 2 is 2.06 bits per heavy atom. The van der Waals surface area contributed by atoms with Crippen LogP contribution in [0.3, 0.4) is 0 Å². The van der Waals surface area contributed by atoms with Crippen molar-refractivity contribution >= 4 is 11.5 Å². The number of Topliss-reactive ketones (excluding diaryl/α,β-unsaturated/α-hetero) is 1. The Kier molecular flexibility index (Phi) is 2.71. The van der Waals surface area contributed by atoms with Gasteiger partial charge in [0, 0.05) is 19.0 Å². The lowest BCUT2D eigenvalue weighted by molar-refractivity contribution is -0.125. The molecule has 0 saturated heterocycles. The average molecular weight is 216 g/mol. The molecule has 1 saturated carbocycles. The summed E-state index contributed by atoms with van der Waals surface area (Å²) < 4.78 is 0. The average Bonchev–Trinajstić information content (AvgIpc) is 2.33. The number of nitrogens with zero attached hydrogens (tertiary/aromatic N) is 2. The van der Waals surface area contributed by atoms with E-state index >= 15 is 0 Å². The highest BCUT2D eigenvalue weighted by atomic mass is 16.3. The second-order valence-electron chi connectivity index (χ2n) is 4.08. The van der Waals surface area contributed by atoms with Gasteiger partial charge in [-0.15, -0.1) is 0 Å². The predicted molar refractivity (Wildman–Crippen MR) is 57.9 cm³/mol. The number of ketones is 1. The lowest BCUT2D eigenvalue weighted by atomic mass is 9.81. The maximum atomic E-state index is 11.1. The molecule has 0 spiro atoms. The standard InChI is InChI=1S/C12H12N2O2/c1-13-9-2-3-11(14-8-9)12(16)6-4-10(15)5-7-12/h2-3,8,16H,4-7H2. The fraction of sp³-hybridized carbons (Fsp3) is 0.417. The molecule has 0 radical (unpaired) electrons. The van der Waals surface area contributed by atoms with Crippen molar-refractivity contribution in [1.29, 1.82) is 0 Å². The van der Waals surface area contributed by atoms with Crippen LogP contribution in [-0.4, -0.2) is 15.9 Å². The highest BCUT2D eigenvalue weighted by Crippen LogP contribution is 2.34. The number of hydrogen-bond donors (Lipinski definition) is 1. The monoisotopic (exact) mass is 216 g/mol. The summed E-state index contributed by atoms with van der Waals surface area (Å²) in [6.07, 6.45) is 3.12. The Morgan fingerprint density at radius 1 is 1.38 bits per heavy atom. The number of hydrogen-bond acceptors (Lipinski definition) is 3. The molecule has 1 aromatic heterocycles. The fourth-order valence-electron chi connectivity index (χ4n) is 1.93. The summed E-state index contributed by atoms with van der Waals surface area (Å²) in [5.41, 5.74) is 0.0284. The largest absolute Gasteiger partial charge is 0.384 e. The Morgan fingerprint density at radius 3 is 2.56 bits per heavy atom. The number of aliphatic hydroxyl groups is 1. The van der Waals surface area contributed by atoms with E-state index in [-0.39, 0.29) is 5.78 Å². The molecular formula is C12H12N2O2. The van der Waals surface area contributed by atoms with Crippen LogP contribution < -0.4 is 0 Å². The topological polar surface area (TPSA) is 54.5 Å². The van der Waals surface area contributed by atoms with E-state index in [2.05, 4.69) is 9.83 Å². The summed E-state index contributed by atoms with van der Waals surface area (Å²) in [5.74, 6) is 0.197. The van der Waals surface area contributed by atoms with Crippen LogP contribution in [0.25, 0.3) is 4.85 Å². The molecule has 0 bridgehead atoms. The summed E-state index contributed by atoms with van der Waals surface area (Å²) >= 11 is 0. The molecule has 0 aliphatic heterocycles. The molecule has 0 aromatic carbocycles. The fourth-order valence-corrected chi connectivity index (χ4v) is 1.93. The molecule has 82 valence electrons. The molecule has 0 atom stereocenters. The van der Waals surface area contributed by atoms with Gasteiger partial charge in [-0.2, -0.15) is 0 Å². The van der Waals surface area contributed by atoms with Crippen molar-refractivity contribution in [2.75, 3.05) is 0 Å². The first kappa shape index (κ1) is 10.8. The Labute approximate surface area is 93.8 Å². The van der Waals surface area contributed by atoms with Gasteiger partial charge in [-0.1, -0.05) is 6.07 Å². The molecule has 0 unspecified atom stereocenters. The predicted octanol–water partition coefficient (Wildman–Crippen LogP) is 1.96. The molecule has 1 aromatic rings. The normalized spacial score (nSPS) is 19.1. The number of rotatable bonds is 1. The van der Waals surface area contributed by atoms with Crippen molar-refractivity contribution < 1.29 is 9.90 Å². The van der Waals surface area contributed by atoms with Crippen molar-refractivity contribution in [3.63, 3.8) is 0 Å². The van der Waals surface area contributed by atoms with Gasteiger partial charge in [-0.3, -0.25) is 9.78 Å². The summed E-state index contributed by atoms with van der Waals surface area (Å²) in [7, 11) is 0. The van der Waals surface area contributed by atoms with Crippen LogP contribution in [0.2, 0.25) is 0 Å². The molecule has 1 N–H and O–H groups in total. The third-order valence-electron chi connectivity index (χ3n) is 2.99. The van der Waals surface area contributed by atoms with E-state index in [1.54, 1.807) is 12.1 Å². The van der Waals surface area contributed by atoms with Crippen LogP contribution in [0.4, 0.5) is 5.69 Å². The zero-order valence-electron chi connectivity index (χ0n) is 8.81. The minimum absolute atomic E-state index is 0.197. The first-order chi connectivity index (χ1) is 7.64. The molecule has 0 amide bonds. The first-order valence-corrected chi connectivity index (χ1v) is 5.22. The van der Waals surface area contributed by atoms with Crippen LogP contribution in [0.15, 0.2) is 18.3 Å². The number of carbonyl (C=O) groups is 1. The van der Waals surface area contributed by atoms with Gasteiger partial charge in [-0.05, 0) is 18.9 Å². The third-order valence-corrected chi connectivity index (χ3v) is 2.99.